The Hall–Kier alpha value is -3.54. The van der Waals surface area contributed by atoms with Crippen LogP contribution in [0.3, 0.4) is 0 Å². The summed E-state index contributed by atoms with van der Waals surface area (Å²) in [7, 11) is 0. The van der Waals surface area contributed by atoms with Crippen molar-refractivity contribution < 1.29 is 18.4 Å². The lowest BCUT2D eigenvalue weighted by Gasteiger charge is -2.20. The molecule has 0 saturated carbocycles. The average Bonchev–Trinajstić information content (AvgIpc) is 2.71. The van der Waals surface area contributed by atoms with E-state index in [0.29, 0.717) is 0 Å². The summed E-state index contributed by atoms with van der Waals surface area (Å²) in [5.41, 5.74) is 2.23. The van der Waals surface area contributed by atoms with Crippen LogP contribution < -0.4 is 10.6 Å². The van der Waals surface area contributed by atoms with E-state index in [0.717, 1.165) is 22.8 Å². The van der Waals surface area contributed by atoms with Crippen LogP contribution in [0.2, 0.25) is 0 Å². The van der Waals surface area contributed by atoms with Crippen LogP contribution in [0.25, 0.3) is 0 Å². The SMILES string of the molecule is Cc1ccc(C(NC(=O)C(=O)Nc2cccc(F)c2F)c2ccccc2)cc1. The minimum atomic E-state index is -1.22. The van der Waals surface area contributed by atoms with Crippen molar-refractivity contribution in [3.63, 3.8) is 0 Å². The maximum atomic E-state index is 13.7. The molecule has 0 bridgehead atoms. The van der Waals surface area contributed by atoms with Gasteiger partial charge in [0.2, 0.25) is 0 Å². The van der Waals surface area contributed by atoms with Crippen molar-refractivity contribution in [3.8, 4) is 0 Å². The molecule has 1 atom stereocenters. The highest BCUT2D eigenvalue weighted by molar-refractivity contribution is 6.39. The molecular formula is C22H18F2N2O2. The lowest BCUT2D eigenvalue weighted by atomic mass is 9.98. The number of carbonyl (C=O) groups is 2. The summed E-state index contributed by atoms with van der Waals surface area (Å²) in [4.78, 5) is 24.6. The van der Waals surface area contributed by atoms with Crippen molar-refractivity contribution in [2.24, 2.45) is 0 Å². The topological polar surface area (TPSA) is 58.2 Å². The molecule has 0 heterocycles. The largest absolute Gasteiger partial charge is 0.337 e. The molecule has 0 radical (unpaired) electrons. The molecule has 28 heavy (non-hydrogen) atoms. The summed E-state index contributed by atoms with van der Waals surface area (Å²) in [5.74, 6) is -4.38. The number of amides is 2. The predicted molar refractivity (Wildman–Crippen MR) is 103 cm³/mol. The van der Waals surface area contributed by atoms with Crippen molar-refractivity contribution in [3.05, 3.63) is 101 Å². The summed E-state index contributed by atoms with van der Waals surface area (Å²) in [6, 6.07) is 19.4. The van der Waals surface area contributed by atoms with Gasteiger partial charge in [0.05, 0.1) is 11.7 Å². The third-order valence-corrected chi connectivity index (χ3v) is 4.23. The summed E-state index contributed by atoms with van der Waals surface area (Å²) in [6.07, 6.45) is 0. The van der Waals surface area contributed by atoms with Gasteiger partial charge in [-0.1, -0.05) is 66.2 Å². The van der Waals surface area contributed by atoms with Crippen LogP contribution in [0, 0.1) is 18.6 Å². The number of halogens is 2. The fourth-order valence-electron chi connectivity index (χ4n) is 2.74. The first-order valence-electron chi connectivity index (χ1n) is 8.63. The number of anilines is 1. The predicted octanol–water partition coefficient (Wildman–Crippen LogP) is 4.12. The molecule has 0 aliphatic rings. The standard InChI is InChI=1S/C22H18F2N2O2/c1-14-10-12-16(13-11-14)20(15-6-3-2-4-7-15)26-22(28)21(27)25-18-9-5-8-17(23)19(18)24/h2-13,20H,1H3,(H,25,27)(H,26,28). The molecule has 0 aliphatic carbocycles. The number of rotatable bonds is 4. The minimum absolute atomic E-state index is 0.397. The second-order valence-electron chi connectivity index (χ2n) is 6.28. The Labute approximate surface area is 161 Å². The normalized spacial score (nSPS) is 11.5. The molecule has 0 saturated heterocycles. The van der Waals surface area contributed by atoms with Crippen LogP contribution >= 0.6 is 0 Å². The van der Waals surface area contributed by atoms with Gasteiger partial charge in [0.1, 0.15) is 0 Å². The highest BCUT2D eigenvalue weighted by atomic mass is 19.2. The average molecular weight is 380 g/mol. The lowest BCUT2D eigenvalue weighted by molar-refractivity contribution is -0.136. The molecule has 142 valence electrons. The van der Waals surface area contributed by atoms with E-state index in [9.17, 15) is 18.4 Å². The van der Waals surface area contributed by atoms with Gasteiger partial charge < -0.3 is 10.6 Å². The first-order chi connectivity index (χ1) is 13.5. The van der Waals surface area contributed by atoms with Crippen molar-refractivity contribution in [1.82, 2.24) is 5.32 Å². The van der Waals surface area contributed by atoms with Crippen molar-refractivity contribution >= 4 is 17.5 Å². The van der Waals surface area contributed by atoms with E-state index in [1.54, 1.807) is 0 Å². The van der Waals surface area contributed by atoms with Gasteiger partial charge in [0.15, 0.2) is 11.6 Å². The second kappa shape index (κ2) is 8.43. The first kappa shape index (κ1) is 19.2. The van der Waals surface area contributed by atoms with Gasteiger partial charge in [0.25, 0.3) is 0 Å². The Bertz CT molecular complexity index is 989. The number of benzene rings is 3. The van der Waals surface area contributed by atoms with Crippen molar-refractivity contribution in [1.29, 1.82) is 0 Å². The quantitative estimate of drug-likeness (QED) is 0.669. The Morgan fingerprint density at radius 1 is 0.786 bits per heavy atom. The highest BCUT2D eigenvalue weighted by Crippen LogP contribution is 2.23. The molecule has 3 aromatic rings. The van der Waals surface area contributed by atoms with Gasteiger partial charge in [0, 0.05) is 0 Å². The molecule has 2 amide bonds. The van der Waals surface area contributed by atoms with Gasteiger partial charge in [-0.05, 0) is 30.2 Å². The van der Waals surface area contributed by atoms with E-state index in [1.165, 1.54) is 12.1 Å². The van der Waals surface area contributed by atoms with Crippen LogP contribution in [0.1, 0.15) is 22.7 Å². The molecule has 3 aromatic carbocycles. The molecule has 0 fully saturated rings. The van der Waals surface area contributed by atoms with E-state index in [4.69, 9.17) is 0 Å². The number of hydrogen-bond acceptors (Lipinski definition) is 2. The Balaban J connectivity index is 1.82. The zero-order valence-corrected chi connectivity index (χ0v) is 15.1. The zero-order valence-electron chi connectivity index (χ0n) is 15.1. The second-order valence-corrected chi connectivity index (χ2v) is 6.28. The van der Waals surface area contributed by atoms with Crippen LogP contribution in [-0.2, 0) is 9.59 Å². The molecule has 2 N–H and O–H groups in total. The fraction of sp³-hybridized carbons (Fsp3) is 0.0909. The van der Waals surface area contributed by atoms with Crippen molar-refractivity contribution in [2.75, 3.05) is 5.32 Å². The molecule has 0 aliphatic heterocycles. The van der Waals surface area contributed by atoms with E-state index in [-0.39, 0.29) is 0 Å². The molecule has 3 rings (SSSR count). The summed E-state index contributed by atoms with van der Waals surface area (Å²) in [6.45, 7) is 1.95. The van der Waals surface area contributed by atoms with Crippen LogP contribution in [0.5, 0.6) is 0 Å². The van der Waals surface area contributed by atoms with Crippen molar-refractivity contribution in [2.45, 2.75) is 13.0 Å². The molecular weight excluding hydrogens is 362 g/mol. The maximum absolute atomic E-state index is 13.7. The number of carbonyl (C=O) groups excluding carboxylic acids is 2. The number of aryl methyl sites for hydroxylation is 1. The summed E-state index contributed by atoms with van der Waals surface area (Å²) in [5, 5.41) is 4.76. The molecule has 1 unspecified atom stereocenters. The van der Waals surface area contributed by atoms with Crippen LogP contribution in [0.4, 0.5) is 14.5 Å². The smallest absolute Gasteiger partial charge is 0.313 e. The van der Waals surface area contributed by atoms with Crippen LogP contribution in [0.15, 0.2) is 72.8 Å². The molecule has 6 heteroatoms. The van der Waals surface area contributed by atoms with E-state index < -0.39 is 35.2 Å². The Morgan fingerprint density at radius 2 is 1.43 bits per heavy atom. The van der Waals surface area contributed by atoms with Gasteiger partial charge in [-0.15, -0.1) is 0 Å². The van der Waals surface area contributed by atoms with E-state index in [1.807, 2.05) is 61.5 Å². The summed E-state index contributed by atoms with van der Waals surface area (Å²) >= 11 is 0. The zero-order chi connectivity index (χ0) is 20.1. The molecule has 0 aromatic heterocycles. The Morgan fingerprint density at radius 3 is 2.11 bits per heavy atom. The first-order valence-corrected chi connectivity index (χ1v) is 8.63. The molecule has 4 nitrogen and oxygen atoms in total. The monoisotopic (exact) mass is 380 g/mol. The molecule has 0 spiro atoms. The number of hydrogen-bond donors (Lipinski definition) is 2. The van der Waals surface area contributed by atoms with E-state index >= 15 is 0 Å². The van der Waals surface area contributed by atoms with Gasteiger partial charge >= 0.3 is 11.8 Å². The lowest BCUT2D eigenvalue weighted by Crippen LogP contribution is -2.38. The van der Waals surface area contributed by atoms with Gasteiger partial charge in [-0.3, -0.25) is 9.59 Å². The third-order valence-electron chi connectivity index (χ3n) is 4.23. The summed E-state index contributed by atoms with van der Waals surface area (Å²) < 4.78 is 27.0. The van der Waals surface area contributed by atoms with Gasteiger partial charge in [-0.25, -0.2) is 8.78 Å². The third kappa shape index (κ3) is 4.40. The maximum Gasteiger partial charge on any atom is 0.313 e. The highest BCUT2D eigenvalue weighted by Gasteiger charge is 2.22. The van der Waals surface area contributed by atoms with E-state index in [2.05, 4.69) is 10.6 Å². The number of nitrogens with one attached hydrogen (secondary N) is 2. The van der Waals surface area contributed by atoms with Gasteiger partial charge in [-0.2, -0.15) is 0 Å². The Kier molecular flexibility index (Phi) is 5.79. The minimum Gasteiger partial charge on any atom is -0.337 e. The fourth-order valence-corrected chi connectivity index (χ4v) is 2.74. The van der Waals surface area contributed by atoms with Crippen LogP contribution in [-0.4, -0.2) is 11.8 Å².